The van der Waals surface area contributed by atoms with Crippen LogP contribution < -0.4 is 4.74 Å². The number of ether oxygens (including phenoxy) is 1. The SMILES string of the molecule is O=C(O)C1CCN(CCOc2ccc3ccccc3c2)C1. The number of carboxylic acids is 1. The molecule has 1 atom stereocenters. The van der Waals surface area contributed by atoms with Crippen LogP contribution in [0.5, 0.6) is 5.75 Å². The first-order chi connectivity index (χ1) is 10.2. The van der Waals surface area contributed by atoms with Crippen molar-refractivity contribution in [1.29, 1.82) is 0 Å². The lowest BCUT2D eigenvalue weighted by Crippen LogP contribution is -2.27. The molecule has 1 aliphatic heterocycles. The first kappa shape index (κ1) is 13.9. The Bertz CT molecular complexity index is 641. The van der Waals surface area contributed by atoms with Gasteiger partial charge in [0, 0.05) is 13.1 Å². The van der Waals surface area contributed by atoms with E-state index in [-0.39, 0.29) is 5.92 Å². The van der Waals surface area contributed by atoms with Crippen LogP contribution in [-0.4, -0.2) is 42.2 Å². The Labute approximate surface area is 123 Å². The van der Waals surface area contributed by atoms with Crippen molar-refractivity contribution in [2.24, 2.45) is 5.92 Å². The number of hydrogen-bond acceptors (Lipinski definition) is 3. The second-order valence-electron chi connectivity index (χ2n) is 5.48. The maximum Gasteiger partial charge on any atom is 0.307 e. The van der Waals surface area contributed by atoms with E-state index in [1.807, 2.05) is 24.3 Å². The molecule has 0 amide bonds. The molecule has 2 aromatic carbocycles. The quantitative estimate of drug-likeness (QED) is 0.917. The third-order valence-corrected chi connectivity index (χ3v) is 4.02. The van der Waals surface area contributed by atoms with Crippen molar-refractivity contribution < 1.29 is 14.6 Å². The summed E-state index contributed by atoms with van der Waals surface area (Å²) in [5, 5.41) is 11.3. The van der Waals surface area contributed by atoms with Crippen LogP contribution in [0.2, 0.25) is 0 Å². The molecule has 2 aromatic rings. The van der Waals surface area contributed by atoms with Gasteiger partial charge in [0.15, 0.2) is 0 Å². The molecule has 1 N–H and O–H groups in total. The number of carboxylic acid groups (broad SMARTS) is 1. The lowest BCUT2D eigenvalue weighted by molar-refractivity contribution is -0.141. The van der Waals surface area contributed by atoms with Crippen LogP contribution in [0.25, 0.3) is 10.8 Å². The molecule has 4 heteroatoms. The average molecular weight is 285 g/mol. The van der Waals surface area contributed by atoms with Crippen molar-refractivity contribution in [1.82, 2.24) is 4.90 Å². The van der Waals surface area contributed by atoms with Gasteiger partial charge in [-0.05, 0) is 35.9 Å². The third-order valence-electron chi connectivity index (χ3n) is 4.02. The fourth-order valence-corrected chi connectivity index (χ4v) is 2.79. The topological polar surface area (TPSA) is 49.8 Å². The zero-order valence-electron chi connectivity index (χ0n) is 11.9. The van der Waals surface area contributed by atoms with E-state index in [1.165, 1.54) is 10.8 Å². The highest BCUT2D eigenvalue weighted by atomic mass is 16.5. The van der Waals surface area contributed by atoms with Gasteiger partial charge >= 0.3 is 5.97 Å². The molecule has 1 aliphatic rings. The molecule has 1 fully saturated rings. The number of aliphatic carboxylic acids is 1. The van der Waals surface area contributed by atoms with Crippen molar-refractivity contribution in [3.05, 3.63) is 42.5 Å². The summed E-state index contributed by atoms with van der Waals surface area (Å²) in [5.74, 6) is -0.0405. The zero-order valence-corrected chi connectivity index (χ0v) is 11.9. The Morgan fingerprint density at radius 2 is 2.05 bits per heavy atom. The van der Waals surface area contributed by atoms with Gasteiger partial charge in [0.25, 0.3) is 0 Å². The van der Waals surface area contributed by atoms with E-state index in [9.17, 15) is 4.79 Å². The molecule has 1 saturated heterocycles. The summed E-state index contributed by atoms with van der Waals surface area (Å²) >= 11 is 0. The monoisotopic (exact) mass is 285 g/mol. The Balaban J connectivity index is 1.52. The molecule has 3 rings (SSSR count). The van der Waals surface area contributed by atoms with Crippen molar-refractivity contribution in [3.63, 3.8) is 0 Å². The fraction of sp³-hybridized carbons (Fsp3) is 0.353. The van der Waals surface area contributed by atoms with E-state index >= 15 is 0 Å². The second-order valence-corrected chi connectivity index (χ2v) is 5.48. The van der Waals surface area contributed by atoms with Crippen LogP contribution in [0, 0.1) is 5.92 Å². The van der Waals surface area contributed by atoms with Gasteiger partial charge in [-0.3, -0.25) is 9.69 Å². The molecule has 4 nitrogen and oxygen atoms in total. The van der Waals surface area contributed by atoms with Crippen LogP contribution >= 0.6 is 0 Å². The minimum absolute atomic E-state index is 0.217. The van der Waals surface area contributed by atoms with Gasteiger partial charge in [0.2, 0.25) is 0 Å². The van der Waals surface area contributed by atoms with Crippen LogP contribution in [0.1, 0.15) is 6.42 Å². The molecule has 0 aliphatic carbocycles. The Morgan fingerprint density at radius 1 is 1.24 bits per heavy atom. The fourth-order valence-electron chi connectivity index (χ4n) is 2.79. The summed E-state index contributed by atoms with van der Waals surface area (Å²) in [6, 6.07) is 14.3. The Kier molecular flexibility index (Phi) is 4.06. The van der Waals surface area contributed by atoms with Gasteiger partial charge < -0.3 is 9.84 Å². The van der Waals surface area contributed by atoms with E-state index in [2.05, 4.69) is 23.1 Å². The molecule has 0 spiro atoms. The number of rotatable bonds is 5. The molecular weight excluding hydrogens is 266 g/mol. The van der Waals surface area contributed by atoms with Gasteiger partial charge in [0.1, 0.15) is 12.4 Å². The van der Waals surface area contributed by atoms with Crippen LogP contribution in [0.4, 0.5) is 0 Å². The summed E-state index contributed by atoms with van der Waals surface area (Å²) in [4.78, 5) is 13.1. The predicted octanol–water partition coefficient (Wildman–Crippen LogP) is 2.63. The highest BCUT2D eigenvalue weighted by molar-refractivity contribution is 5.83. The van der Waals surface area contributed by atoms with E-state index in [1.54, 1.807) is 0 Å². The maximum atomic E-state index is 10.9. The van der Waals surface area contributed by atoms with E-state index in [0.29, 0.717) is 13.2 Å². The molecule has 0 radical (unpaired) electrons. The summed E-state index contributed by atoms with van der Waals surface area (Å²) in [6.45, 7) is 2.84. The smallest absolute Gasteiger partial charge is 0.307 e. The number of likely N-dealkylation sites (tertiary alicyclic amines) is 1. The number of carbonyl (C=O) groups is 1. The zero-order chi connectivity index (χ0) is 14.7. The molecule has 0 aromatic heterocycles. The average Bonchev–Trinajstić information content (AvgIpc) is 2.96. The third kappa shape index (κ3) is 3.34. The molecule has 0 bridgehead atoms. The normalized spacial score (nSPS) is 19.0. The number of benzene rings is 2. The van der Waals surface area contributed by atoms with Crippen LogP contribution in [-0.2, 0) is 4.79 Å². The second kappa shape index (κ2) is 6.14. The van der Waals surface area contributed by atoms with Gasteiger partial charge in [0.05, 0.1) is 5.92 Å². The maximum absolute atomic E-state index is 10.9. The first-order valence-corrected chi connectivity index (χ1v) is 7.29. The Hall–Kier alpha value is -2.07. The van der Waals surface area contributed by atoms with E-state index in [0.717, 1.165) is 25.3 Å². The number of hydrogen-bond donors (Lipinski definition) is 1. The molecule has 1 unspecified atom stereocenters. The predicted molar refractivity (Wildman–Crippen MR) is 81.6 cm³/mol. The van der Waals surface area contributed by atoms with Crippen LogP contribution in [0.15, 0.2) is 42.5 Å². The highest BCUT2D eigenvalue weighted by Crippen LogP contribution is 2.21. The van der Waals surface area contributed by atoms with E-state index in [4.69, 9.17) is 9.84 Å². The van der Waals surface area contributed by atoms with Crippen molar-refractivity contribution in [2.45, 2.75) is 6.42 Å². The summed E-state index contributed by atoms with van der Waals surface area (Å²) in [5.41, 5.74) is 0. The van der Waals surface area contributed by atoms with Crippen molar-refractivity contribution in [2.75, 3.05) is 26.2 Å². The molecule has 1 heterocycles. The number of fused-ring (bicyclic) bond motifs is 1. The summed E-state index contributed by atoms with van der Waals surface area (Å²) < 4.78 is 5.78. The van der Waals surface area contributed by atoms with Crippen molar-refractivity contribution in [3.8, 4) is 5.75 Å². The van der Waals surface area contributed by atoms with Gasteiger partial charge in [-0.2, -0.15) is 0 Å². The minimum atomic E-state index is -0.687. The molecule has 110 valence electrons. The highest BCUT2D eigenvalue weighted by Gasteiger charge is 2.27. The lowest BCUT2D eigenvalue weighted by Gasteiger charge is -2.15. The van der Waals surface area contributed by atoms with Crippen LogP contribution in [0.3, 0.4) is 0 Å². The molecular formula is C17H19NO3. The van der Waals surface area contributed by atoms with Gasteiger partial charge in [-0.1, -0.05) is 30.3 Å². The summed E-state index contributed by atoms with van der Waals surface area (Å²) in [7, 11) is 0. The standard InChI is InChI=1S/C17H19NO3/c19-17(20)15-7-8-18(12-15)9-10-21-16-6-5-13-3-1-2-4-14(13)11-16/h1-6,11,15H,7-10,12H2,(H,19,20). The first-order valence-electron chi connectivity index (χ1n) is 7.29. The minimum Gasteiger partial charge on any atom is -0.492 e. The molecule has 0 saturated carbocycles. The molecule has 21 heavy (non-hydrogen) atoms. The van der Waals surface area contributed by atoms with Gasteiger partial charge in [-0.15, -0.1) is 0 Å². The largest absolute Gasteiger partial charge is 0.492 e. The number of nitrogens with zero attached hydrogens (tertiary/aromatic N) is 1. The van der Waals surface area contributed by atoms with Gasteiger partial charge in [-0.25, -0.2) is 0 Å². The Morgan fingerprint density at radius 3 is 2.81 bits per heavy atom. The van der Waals surface area contributed by atoms with Crippen molar-refractivity contribution >= 4 is 16.7 Å². The van der Waals surface area contributed by atoms with E-state index < -0.39 is 5.97 Å². The summed E-state index contributed by atoms with van der Waals surface area (Å²) in [6.07, 6.45) is 0.741. The lowest BCUT2D eigenvalue weighted by atomic mass is 10.1.